The van der Waals surface area contributed by atoms with E-state index in [1.54, 1.807) is 11.1 Å². The molecule has 0 aromatic rings. The van der Waals surface area contributed by atoms with Gasteiger partial charge in [0.15, 0.2) is 0 Å². The van der Waals surface area contributed by atoms with Crippen molar-refractivity contribution < 1.29 is 0 Å². The number of rotatable bonds is 2. The van der Waals surface area contributed by atoms with Gasteiger partial charge in [0.25, 0.3) is 0 Å². The van der Waals surface area contributed by atoms with Crippen molar-refractivity contribution in [3.05, 3.63) is 44.8 Å². The van der Waals surface area contributed by atoms with Crippen LogP contribution in [0.2, 0.25) is 13.1 Å². The van der Waals surface area contributed by atoms with Crippen LogP contribution < -0.4 is 0 Å². The monoisotopic (exact) mass is 324 g/mol. The summed E-state index contributed by atoms with van der Waals surface area (Å²) in [6.07, 6.45) is 22.1. The third-order valence-electron chi connectivity index (χ3n) is 6.87. The molecule has 0 aliphatic heterocycles. The molecule has 0 spiro atoms. The Morgan fingerprint density at radius 2 is 1.04 bits per heavy atom. The third kappa shape index (κ3) is 2.97. The van der Waals surface area contributed by atoms with Crippen LogP contribution in [0.5, 0.6) is 0 Å². The number of hydrogen-bond acceptors (Lipinski definition) is 0. The quantitative estimate of drug-likeness (QED) is 0.482. The van der Waals surface area contributed by atoms with E-state index in [1.165, 1.54) is 77.0 Å². The third-order valence-corrected chi connectivity index (χ3v) is 10.7. The van der Waals surface area contributed by atoms with Gasteiger partial charge in [0.2, 0.25) is 0 Å². The maximum atomic E-state index is 2.66. The van der Waals surface area contributed by atoms with Crippen molar-refractivity contribution >= 4 is 8.07 Å². The lowest BCUT2D eigenvalue weighted by molar-refractivity contribution is 0.702. The van der Waals surface area contributed by atoms with Crippen molar-refractivity contribution in [2.24, 2.45) is 0 Å². The minimum absolute atomic E-state index is 1.33. The SMILES string of the molecule is C[Si](C)(C1=CC2=C(CCCCC2)C1)C1=CC2=C(CCCCC2)C1. The predicted molar refractivity (Wildman–Crippen MR) is 103 cm³/mol. The van der Waals surface area contributed by atoms with Gasteiger partial charge in [-0.1, -0.05) is 59.6 Å². The molecule has 1 heteroatoms. The van der Waals surface area contributed by atoms with E-state index in [0.29, 0.717) is 0 Å². The highest BCUT2D eigenvalue weighted by Gasteiger charge is 2.36. The molecule has 0 atom stereocenters. The van der Waals surface area contributed by atoms with Gasteiger partial charge in [0.05, 0.1) is 0 Å². The van der Waals surface area contributed by atoms with Crippen molar-refractivity contribution in [2.75, 3.05) is 0 Å². The molecule has 0 unspecified atom stereocenters. The van der Waals surface area contributed by atoms with Gasteiger partial charge in [-0.15, -0.1) is 0 Å². The largest absolute Gasteiger partial charge is 0.103 e. The molecule has 0 saturated carbocycles. The van der Waals surface area contributed by atoms with Gasteiger partial charge in [-0.25, -0.2) is 0 Å². The minimum atomic E-state index is -1.41. The van der Waals surface area contributed by atoms with Gasteiger partial charge in [-0.3, -0.25) is 0 Å². The van der Waals surface area contributed by atoms with Crippen LogP contribution in [-0.4, -0.2) is 8.07 Å². The molecule has 124 valence electrons. The van der Waals surface area contributed by atoms with Crippen LogP contribution in [0.15, 0.2) is 44.8 Å². The van der Waals surface area contributed by atoms with Gasteiger partial charge < -0.3 is 0 Å². The fourth-order valence-electron chi connectivity index (χ4n) is 5.08. The summed E-state index contributed by atoms with van der Waals surface area (Å²) in [5.41, 5.74) is 7.11. The summed E-state index contributed by atoms with van der Waals surface area (Å²) in [4.78, 5) is 0. The second kappa shape index (κ2) is 6.24. The fourth-order valence-corrected chi connectivity index (χ4v) is 7.87. The van der Waals surface area contributed by atoms with Crippen LogP contribution in [0.4, 0.5) is 0 Å². The first kappa shape index (κ1) is 15.7. The van der Waals surface area contributed by atoms with Crippen molar-refractivity contribution in [2.45, 2.75) is 90.1 Å². The Hall–Kier alpha value is -0.823. The Bertz CT molecular complexity index is 570. The molecule has 0 aromatic heterocycles. The molecular formula is C22H32Si. The molecule has 23 heavy (non-hydrogen) atoms. The average molecular weight is 325 g/mol. The van der Waals surface area contributed by atoms with Gasteiger partial charge in [0, 0.05) is 0 Å². The van der Waals surface area contributed by atoms with Gasteiger partial charge in [0.1, 0.15) is 8.07 Å². The normalized spacial score (nSPS) is 25.7. The molecule has 0 aromatic carbocycles. The second-order valence-electron chi connectivity index (χ2n) is 8.70. The molecule has 0 radical (unpaired) electrons. The van der Waals surface area contributed by atoms with Crippen LogP contribution in [-0.2, 0) is 0 Å². The van der Waals surface area contributed by atoms with E-state index in [9.17, 15) is 0 Å². The van der Waals surface area contributed by atoms with Crippen molar-refractivity contribution in [1.29, 1.82) is 0 Å². The smallest absolute Gasteiger partial charge is 0.0721 e. The van der Waals surface area contributed by atoms with E-state index in [4.69, 9.17) is 0 Å². The van der Waals surface area contributed by atoms with Crippen molar-refractivity contribution in [3.8, 4) is 0 Å². The van der Waals surface area contributed by atoms with Crippen molar-refractivity contribution in [1.82, 2.24) is 0 Å². The van der Waals surface area contributed by atoms with Gasteiger partial charge in [-0.2, -0.15) is 0 Å². The first-order valence-corrected chi connectivity index (χ1v) is 13.0. The number of hydrogen-bond donors (Lipinski definition) is 0. The lowest BCUT2D eigenvalue weighted by Gasteiger charge is -2.27. The molecule has 4 aliphatic rings. The standard InChI is InChI=1S/C22H32Si/c1-23(2,21-13-17-9-5-3-6-10-18(17)14-21)22-15-19-11-7-4-8-12-20(19)16-22/h13,15H,3-12,14,16H2,1-2H3. The van der Waals surface area contributed by atoms with E-state index in [0.717, 1.165) is 0 Å². The van der Waals surface area contributed by atoms with E-state index in [-0.39, 0.29) is 0 Å². The van der Waals surface area contributed by atoms with Crippen LogP contribution in [0.3, 0.4) is 0 Å². The zero-order valence-corrected chi connectivity index (χ0v) is 16.1. The lowest BCUT2D eigenvalue weighted by Crippen LogP contribution is -2.31. The van der Waals surface area contributed by atoms with Crippen LogP contribution in [0, 0.1) is 0 Å². The molecule has 4 aliphatic carbocycles. The fraction of sp³-hybridized carbons (Fsp3) is 0.636. The highest BCUT2D eigenvalue weighted by atomic mass is 28.3. The molecular weight excluding hydrogens is 292 g/mol. The van der Waals surface area contributed by atoms with Crippen LogP contribution in [0.1, 0.15) is 77.0 Å². The van der Waals surface area contributed by atoms with Crippen LogP contribution in [0.25, 0.3) is 0 Å². The zero-order chi connectivity index (χ0) is 15.9. The summed E-state index contributed by atoms with van der Waals surface area (Å²) in [5, 5.41) is 3.68. The predicted octanol–water partition coefficient (Wildman–Crippen LogP) is 6.95. The topological polar surface area (TPSA) is 0 Å². The Labute approximate surface area is 143 Å². The van der Waals surface area contributed by atoms with E-state index in [2.05, 4.69) is 25.2 Å². The zero-order valence-electron chi connectivity index (χ0n) is 15.1. The minimum Gasteiger partial charge on any atom is -0.0721 e. The molecule has 0 fully saturated rings. The first-order valence-electron chi connectivity index (χ1n) is 9.98. The maximum Gasteiger partial charge on any atom is 0.103 e. The van der Waals surface area contributed by atoms with E-state index in [1.807, 2.05) is 21.5 Å². The summed E-state index contributed by atoms with van der Waals surface area (Å²) < 4.78 is 0. The van der Waals surface area contributed by atoms with Gasteiger partial charge >= 0.3 is 0 Å². The lowest BCUT2D eigenvalue weighted by atomic mass is 10.1. The van der Waals surface area contributed by atoms with Gasteiger partial charge in [-0.05, 0) is 75.4 Å². The molecule has 0 saturated heterocycles. The molecule has 0 heterocycles. The Kier molecular flexibility index (Phi) is 4.26. The summed E-state index contributed by atoms with van der Waals surface area (Å²) in [5.74, 6) is 0. The molecule has 0 N–H and O–H groups in total. The van der Waals surface area contributed by atoms with Crippen molar-refractivity contribution in [3.63, 3.8) is 0 Å². The summed E-state index contributed by atoms with van der Waals surface area (Å²) in [6.45, 7) is 5.26. The summed E-state index contributed by atoms with van der Waals surface area (Å²) >= 11 is 0. The number of allylic oxidation sites excluding steroid dienone is 8. The van der Waals surface area contributed by atoms with E-state index < -0.39 is 8.07 Å². The maximum absolute atomic E-state index is 2.66. The van der Waals surface area contributed by atoms with E-state index >= 15 is 0 Å². The Morgan fingerprint density at radius 3 is 1.52 bits per heavy atom. The molecule has 4 rings (SSSR count). The molecule has 0 amide bonds. The molecule has 0 bridgehead atoms. The highest BCUT2D eigenvalue weighted by molar-refractivity contribution is 6.90. The highest BCUT2D eigenvalue weighted by Crippen LogP contribution is 2.45. The first-order chi connectivity index (χ1) is 11.1. The Balaban J connectivity index is 1.53. The average Bonchev–Trinajstić information content (AvgIpc) is 2.99. The summed E-state index contributed by atoms with van der Waals surface area (Å²) in [6, 6.07) is 0. The van der Waals surface area contributed by atoms with Crippen LogP contribution >= 0.6 is 0 Å². The molecule has 0 nitrogen and oxygen atoms in total. The second-order valence-corrected chi connectivity index (χ2v) is 13.2. The summed E-state index contributed by atoms with van der Waals surface area (Å²) in [7, 11) is -1.41. The Morgan fingerprint density at radius 1 is 0.609 bits per heavy atom.